The van der Waals surface area contributed by atoms with E-state index in [-0.39, 0.29) is 35.3 Å². The van der Waals surface area contributed by atoms with Crippen LogP contribution in [0.3, 0.4) is 0 Å². The van der Waals surface area contributed by atoms with E-state index in [2.05, 4.69) is 16.8 Å². The summed E-state index contributed by atoms with van der Waals surface area (Å²) in [5, 5.41) is 3.04. The molecule has 3 rings (SSSR count). The average molecular weight is 458 g/mol. The minimum absolute atomic E-state index is 0.0823. The number of amides is 1. The maximum absolute atomic E-state index is 13.6. The number of carbonyl (C=O) groups is 1. The number of hydrogen-bond acceptors (Lipinski definition) is 4. The molecule has 0 radical (unpaired) electrons. The quantitative estimate of drug-likeness (QED) is 0.661. The molecular weight excluding hydrogens is 426 g/mol. The number of rotatable bonds is 6. The van der Waals surface area contributed by atoms with Crippen molar-refractivity contribution in [3.05, 3.63) is 41.7 Å². The summed E-state index contributed by atoms with van der Waals surface area (Å²) in [5.41, 5.74) is -0.700. The van der Waals surface area contributed by atoms with E-state index in [0.29, 0.717) is 32.2 Å². The van der Waals surface area contributed by atoms with Crippen LogP contribution in [0.4, 0.5) is 17.6 Å². The first-order valence-corrected chi connectivity index (χ1v) is 11.0. The molecule has 1 amide bonds. The number of hydrogen-bond donors (Lipinski definition) is 1. The molecule has 2 heterocycles. The lowest BCUT2D eigenvalue weighted by Crippen LogP contribution is -2.51. The van der Waals surface area contributed by atoms with Gasteiger partial charge in [-0.3, -0.25) is 9.69 Å². The van der Waals surface area contributed by atoms with Gasteiger partial charge in [0.25, 0.3) is 0 Å². The molecule has 32 heavy (non-hydrogen) atoms. The van der Waals surface area contributed by atoms with E-state index in [9.17, 15) is 22.4 Å². The van der Waals surface area contributed by atoms with Crippen molar-refractivity contribution >= 4 is 11.6 Å². The molecule has 178 valence electrons. The number of nitrogens with zero attached hydrogens (tertiary/aromatic N) is 2. The van der Waals surface area contributed by atoms with E-state index < -0.39 is 17.6 Å². The first-order valence-electron chi connectivity index (χ1n) is 11.0. The summed E-state index contributed by atoms with van der Waals surface area (Å²) in [6.07, 6.45) is -2.81. The third kappa shape index (κ3) is 6.68. The summed E-state index contributed by atoms with van der Waals surface area (Å²) in [4.78, 5) is 16.7. The highest BCUT2D eigenvalue weighted by Crippen LogP contribution is 2.31. The number of halogens is 4. The zero-order valence-electron chi connectivity index (χ0n) is 18.6. The van der Waals surface area contributed by atoms with Gasteiger partial charge in [-0.1, -0.05) is 6.58 Å². The van der Waals surface area contributed by atoms with Crippen LogP contribution in [0.1, 0.15) is 37.8 Å². The van der Waals surface area contributed by atoms with Gasteiger partial charge in [0.15, 0.2) is 0 Å². The van der Waals surface area contributed by atoms with Gasteiger partial charge in [0, 0.05) is 44.0 Å². The Morgan fingerprint density at radius 2 is 1.78 bits per heavy atom. The van der Waals surface area contributed by atoms with E-state index in [1.165, 1.54) is 0 Å². The molecule has 2 fully saturated rings. The molecule has 2 aliphatic rings. The van der Waals surface area contributed by atoms with E-state index >= 15 is 0 Å². The van der Waals surface area contributed by atoms with Crippen molar-refractivity contribution in [1.29, 1.82) is 0 Å². The molecule has 2 unspecified atom stereocenters. The lowest BCUT2D eigenvalue weighted by molar-refractivity contribution is -0.138. The highest BCUT2D eigenvalue weighted by molar-refractivity contribution is 5.78. The number of nitrogens with one attached hydrogen (secondary N) is 1. The maximum atomic E-state index is 13.6. The maximum Gasteiger partial charge on any atom is 0.416 e. The average Bonchev–Trinajstić information content (AvgIpc) is 2.70. The Balaban J connectivity index is 1.45. The van der Waals surface area contributed by atoms with Crippen LogP contribution in [0.15, 0.2) is 24.8 Å². The van der Waals surface area contributed by atoms with Gasteiger partial charge >= 0.3 is 6.18 Å². The normalized spacial score (nSPS) is 23.2. The Morgan fingerprint density at radius 3 is 2.38 bits per heavy atom. The molecule has 9 heteroatoms. The second-order valence-electron chi connectivity index (χ2n) is 8.86. The van der Waals surface area contributed by atoms with Crippen molar-refractivity contribution in [3.8, 4) is 0 Å². The van der Waals surface area contributed by atoms with E-state index in [0.717, 1.165) is 38.1 Å². The van der Waals surface area contributed by atoms with Gasteiger partial charge in [-0.25, -0.2) is 4.39 Å². The van der Waals surface area contributed by atoms with Gasteiger partial charge < -0.3 is 15.0 Å². The molecule has 0 saturated carbocycles. The van der Waals surface area contributed by atoms with E-state index in [4.69, 9.17) is 4.74 Å². The van der Waals surface area contributed by atoms with Crippen LogP contribution in [-0.4, -0.2) is 67.2 Å². The number of alkyl halides is 3. The summed E-state index contributed by atoms with van der Waals surface area (Å²) in [7, 11) is 0. The molecule has 2 aliphatic heterocycles. The van der Waals surface area contributed by atoms with Crippen LogP contribution in [0, 0.1) is 11.7 Å². The van der Waals surface area contributed by atoms with E-state index in [1.807, 2.05) is 18.7 Å². The molecule has 1 aromatic rings. The zero-order valence-corrected chi connectivity index (χ0v) is 18.6. The van der Waals surface area contributed by atoms with Crippen LogP contribution >= 0.6 is 0 Å². The largest absolute Gasteiger partial charge is 0.416 e. The van der Waals surface area contributed by atoms with Crippen LogP contribution < -0.4 is 5.32 Å². The molecule has 0 aliphatic carbocycles. The van der Waals surface area contributed by atoms with Crippen molar-refractivity contribution < 1.29 is 27.1 Å². The lowest BCUT2D eigenvalue weighted by atomic mass is 9.96. The van der Waals surface area contributed by atoms with Crippen LogP contribution in [-0.2, 0) is 15.7 Å². The third-order valence-electron chi connectivity index (χ3n) is 6.00. The van der Waals surface area contributed by atoms with Crippen molar-refractivity contribution in [2.75, 3.05) is 39.3 Å². The number of morpholine rings is 1. The van der Waals surface area contributed by atoms with Gasteiger partial charge in [0.1, 0.15) is 5.82 Å². The predicted octanol–water partition coefficient (Wildman–Crippen LogP) is 3.75. The smallest absolute Gasteiger partial charge is 0.385 e. The number of carbonyl (C=O) groups excluding carboxylic acids is 1. The number of piperidine rings is 1. The van der Waals surface area contributed by atoms with Gasteiger partial charge in [-0.05, 0) is 50.8 Å². The van der Waals surface area contributed by atoms with Crippen molar-refractivity contribution in [2.45, 2.75) is 45.1 Å². The fraction of sp³-hybridized carbons (Fsp3) is 0.609. The van der Waals surface area contributed by atoms with E-state index in [1.54, 1.807) is 0 Å². The standard InChI is InChI=1S/C23H31F4N3O2/c1-15-12-29(13-16(2)32-15)14-22(31)30-6-4-18(5-7-30)11-28-17(3)19-8-20(23(25,26)27)10-21(24)9-19/h8-10,15-16,18,28H,3-7,11-14H2,1-2H3. The molecular formula is C23H31F4N3O2. The SMILES string of the molecule is C=C(NCC1CCN(C(=O)CN2CC(C)OC(C)C2)CC1)c1cc(F)cc(C(F)(F)F)c1. The number of benzene rings is 1. The summed E-state index contributed by atoms with van der Waals surface area (Å²) in [6.45, 7) is 11.5. The molecule has 1 N–H and O–H groups in total. The lowest BCUT2D eigenvalue weighted by Gasteiger charge is -2.37. The topological polar surface area (TPSA) is 44.8 Å². The van der Waals surface area contributed by atoms with Crippen LogP contribution in [0.25, 0.3) is 5.70 Å². The fourth-order valence-corrected chi connectivity index (χ4v) is 4.39. The summed E-state index contributed by atoms with van der Waals surface area (Å²) >= 11 is 0. The molecule has 0 bridgehead atoms. The van der Waals surface area contributed by atoms with Gasteiger partial charge in [0.2, 0.25) is 5.91 Å². The summed E-state index contributed by atoms with van der Waals surface area (Å²) in [5.74, 6) is -0.579. The van der Waals surface area contributed by atoms with Crippen molar-refractivity contribution in [3.63, 3.8) is 0 Å². The first-order chi connectivity index (χ1) is 15.0. The molecule has 2 atom stereocenters. The molecule has 0 spiro atoms. The zero-order chi connectivity index (χ0) is 23.5. The van der Waals surface area contributed by atoms with Gasteiger partial charge in [0.05, 0.1) is 24.3 Å². The first kappa shape index (κ1) is 24.5. The Bertz CT molecular complexity index is 812. The third-order valence-corrected chi connectivity index (χ3v) is 6.00. The Labute approximate surface area is 186 Å². The van der Waals surface area contributed by atoms with Crippen LogP contribution in [0.2, 0.25) is 0 Å². The molecule has 2 saturated heterocycles. The predicted molar refractivity (Wildman–Crippen MR) is 114 cm³/mol. The Morgan fingerprint density at radius 1 is 1.16 bits per heavy atom. The summed E-state index contributed by atoms with van der Waals surface area (Å²) < 4.78 is 58.1. The molecule has 0 aromatic heterocycles. The van der Waals surface area contributed by atoms with Crippen LogP contribution in [0.5, 0.6) is 0 Å². The second-order valence-corrected chi connectivity index (χ2v) is 8.86. The minimum Gasteiger partial charge on any atom is -0.385 e. The Kier molecular flexibility index (Phi) is 7.82. The monoisotopic (exact) mass is 457 g/mol. The highest BCUT2D eigenvalue weighted by Gasteiger charge is 2.32. The molecule has 5 nitrogen and oxygen atoms in total. The summed E-state index contributed by atoms with van der Waals surface area (Å²) in [6, 6.07) is 2.41. The van der Waals surface area contributed by atoms with Crippen molar-refractivity contribution in [2.24, 2.45) is 5.92 Å². The number of ether oxygens (including phenoxy) is 1. The fourth-order valence-electron chi connectivity index (χ4n) is 4.39. The number of likely N-dealkylation sites (tertiary alicyclic amines) is 1. The minimum atomic E-state index is -4.62. The van der Waals surface area contributed by atoms with Gasteiger partial charge in [-0.2, -0.15) is 13.2 Å². The molecule has 1 aromatic carbocycles. The highest BCUT2D eigenvalue weighted by atomic mass is 19.4. The van der Waals surface area contributed by atoms with Crippen molar-refractivity contribution in [1.82, 2.24) is 15.1 Å². The van der Waals surface area contributed by atoms with Gasteiger partial charge in [-0.15, -0.1) is 0 Å². The second kappa shape index (κ2) is 10.2. The Hall–Kier alpha value is -2.13.